The summed E-state index contributed by atoms with van der Waals surface area (Å²) in [5.41, 5.74) is 5.05. The molecule has 0 aromatic heterocycles. The lowest BCUT2D eigenvalue weighted by Gasteiger charge is -2.28. The summed E-state index contributed by atoms with van der Waals surface area (Å²) < 4.78 is 24.5. The summed E-state index contributed by atoms with van der Waals surface area (Å²) in [6, 6.07) is 13.4. The Morgan fingerprint density at radius 3 is 2.74 bits per heavy atom. The number of sulfone groups is 1. The number of aliphatic imine (C=N–C) groups is 1. The molecule has 0 spiro atoms. The molecule has 164 valence electrons. The van der Waals surface area contributed by atoms with Crippen molar-refractivity contribution in [2.45, 2.75) is 39.3 Å². The van der Waals surface area contributed by atoms with Crippen molar-refractivity contribution in [3.05, 3.63) is 59.2 Å². The van der Waals surface area contributed by atoms with Gasteiger partial charge in [-0.2, -0.15) is 0 Å². The van der Waals surface area contributed by atoms with Gasteiger partial charge in [0.2, 0.25) is 5.91 Å². The largest absolute Gasteiger partial charge is 0.325 e. The molecule has 0 radical (unpaired) electrons. The molecule has 0 unspecified atom stereocenters. The molecule has 31 heavy (non-hydrogen) atoms. The minimum atomic E-state index is -3.11. The van der Waals surface area contributed by atoms with Crippen LogP contribution in [0.2, 0.25) is 0 Å². The zero-order valence-electron chi connectivity index (χ0n) is 18.0. The third kappa shape index (κ3) is 4.65. The van der Waals surface area contributed by atoms with Gasteiger partial charge in [-0.3, -0.25) is 9.79 Å². The van der Waals surface area contributed by atoms with E-state index in [1.165, 1.54) is 11.8 Å². The van der Waals surface area contributed by atoms with Gasteiger partial charge >= 0.3 is 0 Å². The van der Waals surface area contributed by atoms with Crippen molar-refractivity contribution in [2.75, 3.05) is 27.5 Å². The number of amides is 1. The molecular weight excluding hydrogens is 430 g/mol. The number of benzene rings is 2. The maximum Gasteiger partial charge on any atom is 0.234 e. The van der Waals surface area contributed by atoms with E-state index in [4.69, 9.17) is 4.99 Å². The SMILES string of the molecule is CCc1ccccc1NC(=O)CSC1=N[C@@H]2CS(=O)(=O)C[C@H]2N1c1cc(C)ccc1C. The highest BCUT2D eigenvalue weighted by atomic mass is 32.2. The van der Waals surface area contributed by atoms with Crippen LogP contribution >= 0.6 is 11.8 Å². The molecular formula is C23H27N3O3S2. The van der Waals surface area contributed by atoms with E-state index in [-0.39, 0.29) is 35.2 Å². The first-order valence-electron chi connectivity index (χ1n) is 10.4. The second-order valence-electron chi connectivity index (χ2n) is 8.13. The molecule has 1 fully saturated rings. The first-order chi connectivity index (χ1) is 14.8. The molecule has 1 saturated heterocycles. The quantitative estimate of drug-likeness (QED) is 0.743. The Labute approximate surface area is 188 Å². The smallest absolute Gasteiger partial charge is 0.234 e. The fourth-order valence-corrected chi connectivity index (χ4v) is 6.92. The van der Waals surface area contributed by atoms with Gasteiger partial charge in [0.15, 0.2) is 15.0 Å². The number of rotatable bonds is 5. The van der Waals surface area contributed by atoms with Gasteiger partial charge in [0.1, 0.15) is 0 Å². The lowest BCUT2D eigenvalue weighted by molar-refractivity contribution is -0.113. The van der Waals surface area contributed by atoms with Gasteiger partial charge in [0.05, 0.1) is 29.3 Å². The maximum absolute atomic E-state index is 12.6. The van der Waals surface area contributed by atoms with E-state index in [1.807, 2.05) is 55.1 Å². The summed E-state index contributed by atoms with van der Waals surface area (Å²) in [5, 5.41) is 3.71. The van der Waals surface area contributed by atoms with Crippen LogP contribution in [0.4, 0.5) is 11.4 Å². The summed E-state index contributed by atoms with van der Waals surface area (Å²) >= 11 is 1.37. The number of nitrogens with zero attached hydrogens (tertiary/aromatic N) is 2. The van der Waals surface area contributed by atoms with Gasteiger partial charge in [0, 0.05) is 11.4 Å². The van der Waals surface area contributed by atoms with Crippen molar-refractivity contribution in [3.8, 4) is 0 Å². The number of carbonyl (C=O) groups is 1. The van der Waals surface area contributed by atoms with Crippen LogP contribution in [0.15, 0.2) is 47.5 Å². The van der Waals surface area contributed by atoms with E-state index in [9.17, 15) is 13.2 Å². The first-order valence-corrected chi connectivity index (χ1v) is 13.2. The second-order valence-corrected chi connectivity index (χ2v) is 11.2. The molecule has 0 aliphatic carbocycles. The Morgan fingerprint density at radius 1 is 1.19 bits per heavy atom. The van der Waals surface area contributed by atoms with Crippen molar-refractivity contribution in [3.63, 3.8) is 0 Å². The normalized spacial score (nSPS) is 21.6. The minimum Gasteiger partial charge on any atom is -0.325 e. The van der Waals surface area contributed by atoms with Crippen LogP contribution in [0.5, 0.6) is 0 Å². The van der Waals surface area contributed by atoms with Crippen molar-refractivity contribution >= 4 is 44.0 Å². The van der Waals surface area contributed by atoms with Crippen LogP contribution in [-0.2, 0) is 21.1 Å². The summed E-state index contributed by atoms with van der Waals surface area (Å²) in [5.74, 6) is 0.275. The van der Waals surface area contributed by atoms with Crippen molar-refractivity contribution in [1.29, 1.82) is 0 Å². The number of anilines is 2. The van der Waals surface area contributed by atoms with Crippen LogP contribution in [-0.4, -0.2) is 48.8 Å². The number of hydrogen-bond acceptors (Lipinski definition) is 6. The standard InChI is InChI=1S/C23H27N3O3S2/c1-4-17-7-5-6-8-18(17)24-22(27)12-30-23-25-19-13-31(28,29)14-21(19)26(23)20-11-15(2)9-10-16(20)3/h5-11,19,21H,4,12-14H2,1-3H3,(H,24,27)/t19-,21-/m1/s1. The van der Waals surface area contributed by atoms with E-state index >= 15 is 0 Å². The van der Waals surface area contributed by atoms with Gasteiger partial charge < -0.3 is 10.2 Å². The Kier molecular flexibility index (Phi) is 6.12. The highest BCUT2D eigenvalue weighted by Gasteiger charge is 2.47. The number of fused-ring (bicyclic) bond motifs is 1. The molecule has 2 heterocycles. The molecule has 0 bridgehead atoms. The number of para-hydroxylation sites is 1. The van der Waals surface area contributed by atoms with E-state index < -0.39 is 9.84 Å². The third-order valence-corrected chi connectivity index (χ3v) is 8.40. The number of aryl methyl sites for hydroxylation is 3. The number of amidine groups is 1. The van der Waals surface area contributed by atoms with Gasteiger partial charge in [-0.15, -0.1) is 0 Å². The van der Waals surface area contributed by atoms with Gasteiger partial charge in [-0.1, -0.05) is 49.0 Å². The van der Waals surface area contributed by atoms with Crippen LogP contribution in [0, 0.1) is 13.8 Å². The van der Waals surface area contributed by atoms with Crippen LogP contribution in [0.25, 0.3) is 0 Å². The zero-order valence-corrected chi connectivity index (χ0v) is 19.6. The molecule has 2 aliphatic heterocycles. The summed E-state index contributed by atoms with van der Waals surface area (Å²) in [4.78, 5) is 19.4. The van der Waals surface area contributed by atoms with Gasteiger partial charge in [0.25, 0.3) is 0 Å². The number of nitrogens with one attached hydrogen (secondary N) is 1. The van der Waals surface area contributed by atoms with E-state index in [1.54, 1.807) is 0 Å². The third-order valence-electron chi connectivity index (χ3n) is 5.74. The van der Waals surface area contributed by atoms with E-state index in [0.29, 0.717) is 0 Å². The zero-order chi connectivity index (χ0) is 22.2. The van der Waals surface area contributed by atoms with Crippen LogP contribution in [0.1, 0.15) is 23.6 Å². The fraction of sp³-hybridized carbons (Fsp3) is 0.391. The van der Waals surface area contributed by atoms with Gasteiger partial charge in [-0.05, 0) is 49.1 Å². The average molecular weight is 458 g/mol. The van der Waals surface area contributed by atoms with Crippen molar-refractivity contribution < 1.29 is 13.2 Å². The molecule has 0 saturated carbocycles. The molecule has 2 aliphatic rings. The molecule has 2 aromatic carbocycles. The molecule has 1 amide bonds. The molecule has 4 rings (SSSR count). The number of hydrogen-bond donors (Lipinski definition) is 1. The summed E-state index contributed by atoms with van der Waals surface area (Å²) in [6.07, 6.45) is 0.842. The Balaban J connectivity index is 1.54. The monoisotopic (exact) mass is 457 g/mol. The second kappa shape index (κ2) is 8.67. The Morgan fingerprint density at radius 2 is 1.97 bits per heavy atom. The van der Waals surface area contributed by atoms with Crippen molar-refractivity contribution in [1.82, 2.24) is 0 Å². The fourth-order valence-electron chi connectivity index (χ4n) is 4.16. The summed E-state index contributed by atoms with van der Waals surface area (Å²) in [6.45, 7) is 6.09. The predicted molar refractivity (Wildman–Crippen MR) is 129 cm³/mol. The first kappa shape index (κ1) is 21.9. The highest BCUT2D eigenvalue weighted by Crippen LogP contribution is 2.37. The number of thioether (sulfide) groups is 1. The predicted octanol–water partition coefficient (Wildman–Crippen LogP) is 3.58. The van der Waals surface area contributed by atoms with Gasteiger partial charge in [-0.25, -0.2) is 8.42 Å². The average Bonchev–Trinajstić information content (AvgIpc) is 3.19. The molecule has 6 nitrogen and oxygen atoms in total. The summed E-state index contributed by atoms with van der Waals surface area (Å²) in [7, 11) is -3.11. The topological polar surface area (TPSA) is 78.8 Å². The molecule has 8 heteroatoms. The van der Waals surface area contributed by atoms with Crippen molar-refractivity contribution in [2.24, 2.45) is 4.99 Å². The molecule has 2 aromatic rings. The van der Waals surface area contributed by atoms with Crippen LogP contribution < -0.4 is 10.2 Å². The Bertz CT molecular complexity index is 1140. The lowest BCUT2D eigenvalue weighted by atomic mass is 10.1. The Hall–Kier alpha value is -2.32. The van der Waals surface area contributed by atoms with E-state index in [0.717, 1.165) is 39.7 Å². The maximum atomic E-state index is 12.6. The molecule has 2 atom stereocenters. The van der Waals surface area contributed by atoms with Crippen LogP contribution in [0.3, 0.4) is 0 Å². The minimum absolute atomic E-state index is 0.0686. The van der Waals surface area contributed by atoms with E-state index in [2.05, 4.69) is 18.3 Å². The number of carbonyl (C=O) groups excluding carboxylic acids is 1. The highest BCUT2D eigenvalue weighted by molar-refractivity contribution is 8.14. The lowest BCUT2D eigenvalue weighted by Crippen LogP contribution is -2.40. The molecule has 1 N–H and O–H groups in total.